The highest BCUT2D eigenvalue weighted by Gasteiger charge is 2.12. The third-order valence-corrected chi connectivity index (χ3v) is 4.20. The number of hydrogen-bond acceptors (Lipinski definition) is 4. The Morgan fingerprint density at radius 3 is 2.78 bits per heavy atom. The standard InChI is InChI=1S/C13H17NO3S/c1-17-13-7-5-6-12(10-13)11-18(15,16)9-4-2-3-8-14/h5-7,10H,2-4,9,11H2,1H3. The molecule has 5 heteroatoms. The zero-order valence-electron chi connectivity index (χ0n) is 10.4. The van der Waals surface area contributed by atoms with Crippen LogP contribution in [0.2, 0.25) is 0 Å². The predicted molar refractivity (Wildman–Crippen MR) is 69.9 cm³/mol. The fraction of sp³-hybridized carbons (Fsp3) is 0.462. The first kappa shape index (κ1) is 14.5. The van der Waals surface area contributed by atoms with Crippen molar-refractivity contribution in [2.75, 3.05) is 12.9 Å². The molecule has 1 aromatic rings. The maximum Gasteiger partial charge on any atom is 0.154 e. The summed E-state index contributed by atoms with van der Waals surface area (Å²) in [5, 5.41) is 8.38. The molecule has 1 aromatic carbocycles. The molecule has 0 aliphatic rings. The zero-order chi connectivity index (χ0) is 13.4. The number of rotatable bonds is 7. The number of methoxy groups -OCH3 is 1. The fourth-order valence-electron chi connectivity index (χ4n) is 1.61. The second-order valence-corrected chi connectivity index (χ2v) is 6.24. The summed E-state index contributed by atoms with van der Waals surface area (Å²) < 4.78 is 28.7. The van der Waals surface area contributed by atoms with Gasteiger partial charge in [0.05, 0.1) is 24.7 Å². The van der Waals surface area contributed by atoms with Gasteiger partial charge in [0.1, 0.15) is 5.75 Å². The van der Waals surface area contributed by atoms with Crippen molar-refractivity contribution in [3.05, 3.63) is 29.8 Å². The van der Waals surface area contributed by atoms with Crippen molar-refractivity contribution in [2.45, 2.75) is 25.0 Å². The minimum atomic E-state index is -3.11. The van der Waals surface area contributed by atoms with Crippen LogP contribution in [0.25, 0.3) is 0 Å². The second kappa shape index (κ2) is 7.02. The van der Waals surface area contributed by atoms with Gasteiger partial charge in [0.2, 0.25) is 0 Å². The monoisotopic (exact) mass is 267 g/mol. The van der Waals surface area contributed by atoms with Gasteiger partial charge in [-0.05, 0) is 30.5 Å². The molecular weight excluding hydrogens is 250 g/mol. The van der Waals surface area contributed by atoms with Gasteiger partial charge in [-0.15, -0.1) is 0 Å². The summed E-state index contributed by atoms with van der Waals surface area (Å²) in [7, 11) is -1.55. The highest BCUT2D eigenvalue weighted by Crippen LogP contribution is 2.15. The van der Waals surface area contributed by atoms with Crippen molar-refractivity contribution in [2.24, 2.45) is 0 Å². The molecule has 4 nitrogen and oxygen atoms in total. The molecule has 18 heavy (non-hydrogen) atoms. The van der Waals surface area contributed by atoms with Crippen LogP contribution in [0.3, 0.4) is 0 Å². The third-order valence-electron chi connectivity index (χ3n) is 2.51. The van der Waals surface area contributed by atoms with Crippen molar-refractivity contribution in [3.8, 4) is 11.8 Å². The highest BCUT2D eigenvalue weighted by molar-refractivity contribution is 7.90. The van der Waals surface area contributed by atoms with E-state index in [9.17, 15) is 8.42 Å². The number of ether oxygens (including phenoxy) is 1. The molecule has 0 fully saturated rings. The van der Waals surface area contributed by atoms with Gasteiger partial charge >= 0.3 is 0 Å². The van der Waals surface area contributed by atoms with Crippen LogP contribution in [0.1, 0.15) is 24.8 Å². The molecule has 0 aromatic heterocycles. The molecule has 0 N–H and O–H groups in total. The van der Waals surface area contributed by atoms with Gasteiger partial charge in [0.25, 0.3) is 0 Å². The van der Waals surface area contributed by atoms with Crippen LogP contribution in [0.15, 0.2) is 24.3 Å². The molecule has 0 radical (unpaired) electrons. The van der Waals surface area contributed by atoms with Crippen molar-refractivity contribution in [1.29, 1.82) is 5.26 Å². The van der Waals surface area contributed by atoms with Gasteiger partial charge in [0, 0.05) is 6.42 Å². The summed E-state index contributed by atoms with van der Waals surface area (Å²) in [5.41, 5.74) is 0.731. The minimum Gasteiger partial charge on any atom is -0.497 e. The Bertz CT molecular complexity index is 517. The smallest absolute Gasteiger partial charge is 0.154 e. The van der Waals surface area contributed by atoms with Crippen LogP contribution >= 0.6 is 0 Å². The van der Waals surface area contributed by atoms with E-state index in [0.29, 0.717) is 25.0 Å². The van der Waals surface area contributed by atoms with Crippen molar-refractivity contribution in [1.82, 2.24) is 0 Å². The Kier molecular flexibility index (Phi) is 5.66. The van der Waals surface area contributed by atoms with Gasteiger partial charge in [0.15, 0.2) is 9.84 Å². The van der Waals surface area contributed by atoms with Crippen LogP contribution in [-0.4, -0.2) is 21.3 Å². The molecule has 0 aliphatic carbocycles. The van der Waals surface area contributed by atoms with Gasteiger partial charge < -0.3 is 4.74 Å². The van der Waals surface area contributed by atoms with Crippen LogP contribution in [0.5, 0.6) is 5.75 Å². The first-order valence-corrected chi connectivity index (χ1v) is 7.60. The first-order valence-electron chi connectivity index (χ1n) is 5.78. The van der Waals surface area contributed by atoms with E-state index in [1.165, 1.54) is 0 Å². The second-order valence-electron chi connectivity index (χ2n) is 4.06. The van der Waals surface area contributed by atoms with Crippen molar-refractivity contribution >= 4 is 9.84 Å². The molecule has 0 amide bonds. The molecule has 1 rings (SSSR count). The van der Waals surface area contributed by atoms with Gasteiger partial charge in [-0.2, -0.15) is 5.26 Å². The molecular formula is C13H17NO3S. The van der Waals surface area contributed by atoms with Crippen LogP contribution in [0.4, 0.5) is 0 Å². The average molecular weight is 267 g/mol. The number of nitrogens with zero attached hydrogens (tertiary/aromatic N) is 1. The summed E-state index contributed by atoms with van der Waals surface area (Å²) in [6.45, 7) is 0. The van der Waals surface area contributed by atoms with E-state index in [1.807, 2.05) is 6.07 Å². The third kappa shape index (κ3) is 5.19. The van der Waals surface area contributed by atoms with E-state index in [0.717, 1.165) is 5.56 Å². The molecule has 0 atom stereocenters. The molecule has 0 saturated carbocycles. The lowest BCUT2D eigenvalue weighted by molar-refractivity contribution is 0.414. The van der Waals surface area contributed by atoms with E-state index in [-0.39, 0.29) is 11.5 Å². The number of benzene rings is 1. The molecule has 0 heterocycles. The number of unbranched alkanes of at least 4 members (excludes halogenated alkanes) is 2. The Morgan fingerprint density at radius 2 is 2.11 bits per heavy atom. The topological polar surface area (TPSA) is 67.2 Å². The van der Waals surface area contributed by atoms with Crippen LogP contribution in [0, 0.1) is 11.3 Å². The number of hydrogen-bond donors (Lipinski definition) is 0. The SMILES string of the molecule is COc1cccc(CS(=O)(=O)CCCCC#N)c1. The van der Waals surface area contributed by atoms with E-state index in [4.69, 9.17) is 10.00 Å². The lowest BCUT2D eigenvalue weighted by Gasteiger charge is -2.05. The Hall–Kier alpha value is -1.54. The van der Waals surface area contributed by atoms with Gasteiger partial charge in [-0.3, -0.25) is 0 Å². The summed E-state index contributed by atoms with van der Waals surface area (Å²) >= 11 is 0. The van der Waals surface area contributed by atoms with Crippen LogP contribution in [-0.2, 0) is 15.6 Å². The summed E-state index contributed by atoms with van der Waals surface area (Å²) in [6.07, 6.45) is 1.59. The average Bonchev–Trinajstić information content (AvgIpc) is 2.34. The largest absolute Gasteiger partial charge is 0.497 e. The minimum absolute atomic E-state index is 0.0246. The lowest BCUT2D eigenvalue weighted by Crippen LogP contribution is -2.09. The first-order chi connectivity index (χ1) is 8.57. The summed E-state index contributed by atoms with van der Waals surface area (Å²) in [5.74, 6) is 0.815. The lowest BCUT2D eigenvalue weighted by atomic mass is 10.2. The number of sulfone groups is 1. The quantitative estimate of drug-likeness (QED) is 0.711. The highest BCUT2D eigenvalue weighted by atomic mass is 32.2. The molecule has 98 valence electrons. The summed E-state index contributed by atoms with van der Waals surface area (Å²) in [6, 6.07) is 9.07. The molecule has 0 saturated heterocycles. The van der Waals surface area contributed by atoms with E-state index in [1.54, 1.807) is 31.4 Å². The maximum absolute atomic E-state index is 11.8. The Balaban J connectivity index is 2.56. The maximum atomic E-state index is 11.8. The molecule has 0 aliphatic heterocycles. The normalized spacial score (nSPS) is 10.9. The van der Waals surface area contributed by atoms with E-state index < -0.39 is 9.84 Å². The Morgan fingerprint density at radius 1 is 1.33 bits per heavy atom. The van der Waals surface area contributed by atoms with Crippen molar-refractivity contribution in [3.63, 3.8) is 0 Å². The van der Waals surface area contributed by atoms with Gasteiger partial charge in [-0.1, -0.05) is 12.1 Å². The Labute approximate surface area is 108 Å². The van der Waals surface area contributed by atoms with Crippen molar-refractivity contribution < 1.29 is 13.2 Å². The molecule has 0 spiro atoms. The molecule has 0 bridgehead atoms. The van der Waals surface area contributed by atoms with E-state index >= 15 is 0 Å². The van der Waals surface area contributed by atoms with Gasteiger partial charge in [-0.25, -0.2) is 8.42 Å². The molecule has 0 unspecified atom stereocenters. The zero-order valence-corrected chi connectivity index (χ0v) is 11.2. The van der Waals surface area contributed by atoms with E-state index in [2.05, 4.69) is 0 Å². The predicted octanol–water partition coefficient (Wildman–Crippen LogP) is 2.30. The summed E-state index contributed by atoms with van der Waals surface area (Å²) in [4.78, 5) is 0. The fourth-order valence-corrected chi connectivity index (χ4v) is 3.09. The van der Waals surface area contributed by atoms with Crippen LogP contribution < -0.4 is 4.74 Å². The number of nitriles is 1.